The molecule has 0 saturated heterocycles. The van der Waals surface area contributed by atoms with Crippen LogP contribution in [0.25, 0.3) is 11.6 Å². The lowest BCUT2D eigenvalue weighted by atomic mass is 10.0. The third-order valence-corrected chi connectivity index (χ3v) is 4.71. The predicted molar refractivity (Wildman–Crippen MR) is 117 cm³/mol. The van der Waals surface area contributed by atoms with Crippen LogP contribution in [-0.2, 0) is 4.79 Å². The van der Waals surface area contributed by atoms with Crippen molar-refractivity contribution in [1.82, 2.24) is 0 Å². The summed E-state index contributed by atoms with van der Waals surface area (Å²) in [6.07, 6.45) is 5.47. The van der Waals surface area contributed by atoms with Crippen LogP contribution in [0.15, 0.2) is 102 Å². The van der Waals surface area contributed by atoms with Gasteiger partial charge in [-0.1, -0.05) is 84.9 Å². The first-order valence-electron chi connectivity index (χ1n) is 8.71. The SMILES string of the molecule is CS/C(Nc1ccccc1)=C(/C(=O)/C=C/c1ccccc1)c1ccccc1. The maximum Gasteiger partial charge on any atom is 0.189 e. The van der Waals surface area contributed by atoms with Crippen molar-refractivity contribution < 1.29 is 4.79 Å². The van der Waals surface area contributed by atoms with E-state index in [1.54, 1.807) is 6.08 Å². The minimum absolute atomic E-state index is 0.0298. The molecule has 0 unspecified atom stereocenters. The average molecular weight is 372 g/mol. The number of anilines is 1. The Kier molecular flexibility index (Phi) is 6.66. The van der Waals surface area contributed by atoms with Crippen molar-refractivity contribution in [3.63, 3.8) is 0 Å². The van der Waals surface area contributed by atoms with Gasteiger partial charge in [0.05, 0.1) is 10.6 Å². The van der Waals surface area contributed by atoms with Crippen LogP contribution in [0.3, 0.4) is 0 Å². The summed E-state index contributed by atoms with van der Waals surface area (Å²) in [5.41, 5.74) is 3.52. The minimum atomic E-state index is -0.0298. The molecule has 0 spiro atoms. The largest absolute Gasteiger partial charge is 0.350 e. The number of allylic oxidation sites excluding steroid dienone is 2. The summed E-state index contributed by atoms with van der Waals surface area (Å²) in [5, 5.41) is 4.22. The van der Waals surface area contributed by atoms with Crippen molar-refractivity contribution in [2.24, 2.45) is 0 Å². The van der Waals surface area contributed by atoms with Gasteiger partial charge in [-0.2, -0.15) is 0 Å². The van der Waals surface area contributed by atoms with E-state index in [-0.39, 0.29) is 5.78 Å². The van der Waals surface area contributed by atoms with Crippen LogP contribution in [0.4, 0.5) is 5.69 Å². The maximum absolute atomic E-state index is 13.1. The number of thioether (sulfide) groups is 1. The maximum atomic E-state index is 13.1. The predicted octanol–water partition coefficient (Wildman–Crippen LogP) is 6.11. The second-order valence-electron chi connectivity index (χ2n) is 5.87. The Morgan fingerprint density at radius 2 is 1.37 bits per heavy atom. The Bertz CT molecular complexity index is 932. The monoisotopic (exact) mass is 371 g/mol. The van der Waals surface area contributed by atoms with Crippen LogP contribution in [0.5, 0.6) is 0 Å². The van der Waals surface area contributed by atoms with Gasteiger partial charge in [-0.05, 0) is 35.6 Å². The Hall–Kier alpha value is -3.04. The van der Waals surface area contributed by atoms with Crippen LogP contribution in [0.1, 0.15) is 11.1 Å². The summed E-state index contributed by atoms with van der Waals surface area (Å²) >= 11 is 1.53. The number of hydrogen-bond acceptors (Lipinski definition) is 3. The van der Waals surface area contributed by atoms with Gasteiger partial charge >= 0.3 is 0 Å². The standard InChI is InChI=1S/C24H21NOS/c1-27-24(25-21-15-9-4-10-16-21)23(20-13-7-3-8-14-20)22(26)18-17-19-11-5-2-6-12-19/h2-18,25H,1H3/b18-17+,24-23+. The third-order valence-electron chi connectivity index (χ3n) is 4.00. The zero-order chi connectivity index (χ0) is 18.9. The highest BCUT2D eigenvalue weighted by molar-refractivity contribution is 8.02. The molecule has 2 nitrogen and oxygen atoms in total. The molecule has 0 aliphatic heterocycles. The first-order valence-corrected chi connectivity index (χ1v) is 9.93. The van der Waals surface area contributed by atoms with E-state index in [0.717, 1.165) is 21.8 Å². The van der Waals surface area contributed by atoms with Crippen LogP contribution < -0.4 is 5.32 Å². The molecule has 0 fully saturated rings. The summed E-state index contributed by atoms with van der Waals surface area (Å²) in [7, 11) is 0. The van der Waals surface area contributed by atoms with Crippen LogP contribution in [0, 0.1) is 0 Å². The number of hydrogen-bond donors (Lipinski definition) is 1. The fourth-order valence-corrected chi connectivity index (χ4v) is 3.32. The third kappa shape index (κ3) is 5.22. The molecule has 0 bridgehead atoms. The molecule has 0 heterocycles. The van der Waals surface area contributed by atoms with E-state index in [1.807, 2.05) is 103 Å². The minimum Gasteiger partial charge on any atom is -0.350 e. The molecule has 134 valence electrons. The topological polar surface area (TPSA) is 29.1 Å². The van der Waals surface area contributed by atoms with E-state index in [2.05, 4.69) is 5.32 Å². The molecule has 0 aliphatic rings. The quantitative estimate of drug-likeness (QED) is 0.508. The van der Waals surface area contributed by atoms with E-state index in [0.29, 0.717) is 5.57 Å². The van der Waals surface area contributed by atoms with E-state index in [1.165, 1.54) is 11.8 Å². The Morgan fingerprint density at radius 3 is 1.96 bits per heavy atom. The Morgan fingerprint density at radius 1 is 0.815 bits per heavy atom. The highest BCUT2D eigenvalue weighted by Gasteiger charge is 2.15. The van der Waals surface area contributed by atoms with Gasteiger partial charge in [-0.3, -0.25) is 4.79 Å². The Balaban J connectivity index is 1.99. The number of benzene rings is 3. The van der Waals surface area contributed by atoms with Crippen molar-refractivity contribution in [3.05, 3.63) is 113 Å². The number of para-hydroxylation sites is 1. The fraction of sp³-hybridized carbons (Fsp3) is 0.0417. The summed E-state index contributed by atoms with van der Waals surface area (Å²) in [4.78, 5) is 13.1. The first-order chi connectivity index (χ1) is 13.3. The highest BCUT2D eigenvalue weighted by Crippen LogP contribution is 2.28. The molecule has 0 amide bonds. The molecule has 3 heteroatoms. The highest BCUT2D eigenvalue weighted by atomic mass is 32.2. The molecule has 3 aromatic carbocycles. The Labute approximate surface area is 164 Å². The van der Waals surface area contributed by atoms with Crippen molar-refractivity contribution in [2.45, 2.75) is 0 Å². The summed E-state index contributed by atoms with van der Waals surface area (Å²) in [6, 6.07) is 29.5. The molecule has 3 aromatic rings. The van der Waals surface area contributed by atoms with Gasteiger partial charge < -0.3 is 5.32 Å². The second kappa shape index (κ2) is 9.60. The number of ketones is 1. The van der Waals surface area contributed by atoms with E-state index in [4.69, 9.17) is 0 Å². The van der Waals surface area contributed by atoms with Crippen LogP contribution in [0.2, 0.25) is 0 Å². The molecular weight excluding hydrogens is 350 g/mol. The number of carbonyl (C=O) groups excluding carboxylic acids is 1. The normalized spacial score (nSPS) is 11.9. The van der Waals surface area contributed by atoms with Gasteiger partial charge in [0.15, 0.2) is 5.78 Å². The summed E-state index contributed by atoms with van der Waals surface area (Å²) in [5.74, 6) is -0.0298. The van der Waals surface area contributed by atoms with Crippen LogP contribution >= 0.6 is 11.8 Å². The van der Waals surface area contributed by atoms with E-state index >= 15 is 0 Å². The number of rotatable bonds is 7. The number of nitrogens with one attached hydrogen (secondary N) is 1. The molecule has 27 heavy (non-hydrogen) atoms. The molecule has 0 atom stereocenters. The lowest BCUT2D eigenvalue weighted by Crippen LogP contribution is -2.07. The van der Waals surface area contributed by atoms with Crippen molar-refractivity contribution in [1.29, 1.82) is 0 Å². The van der Waals surface area contributed by atoms with E-state index in [9.17, 15) is 4.79 Å². The van der Waals surface area contributed by atoms with Gasteiger partial charge in [-0.25, -0.2) is 0 Å². The van der Waals surface area contributed by atoms with E-state index < -0.39 is 0 Å². The van der Waals surface area contributed by atoms with Gasteiger partial charge in [-0.15, -0.1) is 11.8 Å². The van der Waals surface area contributed by atoms with Crippen molar-refractivity contribution in [2.75, 3.05) is 11.6 Å². The lowest BCUT2D eigenvalue weighted by Gasteiger charge is -2.14. The van der Waals surface area contributed by atoms with Crippen molar-refractivity contribution >= 4 is 34.9 Å². The van der Waals surface area contributed by atoms with Gasteiger partial charge in [0.2, 0.25) is 0 Å². The summed E-state index contributed by atoms with van der Waals surface area (Å²) in [6.45, 7) is 0. The first kappa shape index (κ1) is 18.7. The second-order valence-corrected chi connectivity index (χ2v) is 6.69. The molecule has 3 rings (SSSR count). The lowest BCUT2D eigenvalue weighted by molar-refractivity contribution is -0.109. The smallest absolute Gasteiger partial charge is 0.189 e. The van der Waals surface area contributed by atoms with Gasteiger partial charge in [0, 0.05) is 5.69 Å². The molecular formula is C24H21NOS. The summed E-state index contributed by atoms with van der Waals surface area (Å²) < 4.78 is 0. The average Bonchev–Trinajstić information content (AvgIpc) is 2.74. The molecule has 1 N–H and O–H groups in total. The zero-order valence-corrected chi connectivity index (χ0v) is 15.9. The zero-order valence-electron chi connectivity index (χ0n) is 15.1. The molecule has 0 aromatic heterocycles. The molecule has 0 radical (unpaired) electrons. The molecule has 0 aliphatic carbocycles. The van der Waals surface area contributed by atoms with Crippen LogP contribution in [-0.4, -0.2) is 12.0 Å². The van der Waals surface area contributed by atoms with Gasteiger partial charge in [0.25, 0.3) is 0 Å². The van der Waals surface area contributed by atoms with Gasteiger partial charge in [0.1, 0.15) is 0 Å². The molecule has 0 saturated carbocycles. The fourth-order valence-electron chi connectivity index (χ4n) is 2.68. The number of carbonyl (C=O) groups is 1. The van der Waals surface area contributed by atoms with Crippen molar-refractivity contribution in [3.8, 4) is 0 Å².